The maximum Gasteiger partial charge on any atom is 0.246 e. The van der Waals surface area contributed by atoms with Gasteiger partial charge in [0.25, 0.3) is 0 Å². The maximum atomic E-state index is 12.4. The molecule has 0 aromatic carbocycles. The normalized spacial score (nSPS) is 20.8. The molecule has 1 atom stereocenters. The van der Waals surface area contributed by atoms with Crippen LogP contribution in [-0.2, 0) is 16.1 Å². The largest absolute Gasteiger partial charge is 0.342 e. The molecule has 0 bridgehead atoms. The smallest absolute Gasteiger partial charge is 0.246 e. The highest BCUT2D eigenvalue weighted by molar-refractivity contribution is 8.01. The van der Waals surface area contributed by atoms with Crippen LogP contribution in [0.3, 0.4) is 0 Å². The van der Waals surface area contributed by atoms with Gasteiger partial charge in [0.05, 0.1) is 4.75 Å². The minimum Gasteiger partial charge on any atom is -0.342 e. The van der Waals surface area contributed by atoms with Crippen LogP contribution in [0.15, 0.2) is 18.3 Å². The lowest BCUT2D eigenvalue weighted by atomic mass is 10.1. The Morgan fingerprint density at radius 1 is 1.57 bits per heavy atom. The van der Waals surface area contributed by atoms with E-state index in [2.05, 4.69) is 10.3 Å². The fourth-order valence-electron chi connectivity index (χ4n) is 2.18. The summed E-state index contributed by atoms with van der Waals surface area (Å²) in [6.45, 7) is 6.18. The van der Waals surface area contributed by atoms with Gasteiger partial charge in [-0.05, 0) is 38.5 Å². The lowest BCUT2D eigenvalue weighted by molar-refractivity contribution is -0.136. The summed E-state index contributed by atoms with van der Waals surface area (Å²) < 4.78 is -0.461. The predicted octanol–water partition coefficient (Wildman–Crippen LogP) is 1.36. The molecule has 2 amide bonds. The summed E-state index contributed by atoms with van der Waals surface area (Å²) in [6.07, 6.45) is 1.74. The first-order valence-corrected chi connectivity index (χ1v) is 7.89. The lowest BCUT2D eigenvalue weighted by Gasteiger charge is -2.34. The van der Waals surface area contributed by atoms with Crippen LogP contribution in [0.25, 0.3) is 0 Å². The molecule has 0 aliphatic carbocycles. The molecule has 0 saturated carbocycles. The molecular weight excluding hydrogens is 286 g/mol. The minimum absolute atomic E-state index is 0.0548. The van der Waals surface area contributed by atoms with E-state index in [-0.39, 0.29) is 11.8 Å². The Hall–Kier alpha value is -1.56. The monoisotopic (exact) mass is 307 g/mol. The molecule has 1 aromatic heterocycles. The molecule has 1 aliphatic rings. The Morgan fingerprint density at radius 2 is 2.29 bits per heavy atom. The second-order valence-corrected chi connectivity index (χ2v) is 7.49. The predicted molar refractivity (Wildman–Crippen MR) is 83.9 cm³/mol. The molecule has 0 radical (unpaired) electrons. The molecule has 1 fully saturated rings. The maximum absolute atomic E-state index is 12.4. The van der Waals surface area contributed by atoms with E-state index >= 15 is 0 Å². The number of amides is 2. The number of aryl methyl sites for hydroxylation is 1. The molecule has 5 nitrogen and oxygen atoms in total. The summed E-state index contributed by atoms with van der Waals surface area (Å²) in [6, 6.07) is 3.42. The van der Waals surface area contributed by atoms with Crippen molar-refractivity contribution in [1.29, 1.82) is 0 Å². The van der Waals surface area contributed by atoms with Gasteiger partial charge in [-0.3, -0.25) is 14.6 Å². The number of thioether (sulfide) groups is 1. The van der Waals surface area contributed by atoms with Crippen molar-refractivity contribution in [2.24, 2.45) is 0 Å². The molecule has 1 N–H and O–H groups in total. The van der Waals surface area contributed by atoms with Gasteiger partial charge in [0.1, 0.15) is 6.04 Å². The molecule has 6 heteroatoms. The van der Waals surface area contributed by atoms with E-state index in [1.165, 1.54) is 11.8 Å². The number of pyridine rings is 1. The van der Waals surface area contributed by atoms with Crippen molar-refractivity contribution in [2.75, 3.05) is 12.8 Å². The van der Waals surface area contributed by atoms with Gasteiger partial charge in [-0.15, -0.1) is 11.8 Å². The standard InChI is InChI=1S/C15H21N3O2S/c1-10-7-11(5-6-16-10)8-18(4)13(19)12-9-21-15(2,3)14(20)17-12/h5-7,12H,8-9H2,1-4H3,(H,17,20)/t12-/m1/s1. The Morgan fingerprint density at radius 3 is 2.90 bits per heavy atom. The highest BCUT2D eigenvalue weighted by Gasteiger charge is 2.38. The van der Waals surface area contributed by atoms with Gasteiger partial charge in [0, 0.05) is 31.2 Å². The van der Waals surface area contributed by atoms with E-state index in [1.54, 1.807) is 18.1 Å². The number of carbonyl (C=O) groups excluding carboxylic acids is 2. The second kappa shape index (κ2) is 6.05. The zero-order chi connectivity index (χ0) is 15.6. The SMILES string of the molecule is Cc1cc(CN(C)C(=O)[C@H]2CSC(C)(C)C(=O)N2)ccn1. The van der Waals surface area contributed by atoms with Gasteiger partial charge in [-0.2, -0.15) is 0 Å². The third-order valence-corrected chi connectivity index (χ3v) is 4.93. The third kappa shape index (κ3) is 3.75. The molecule has 1 aliphatic heterocycles. The molecular formula is C15H21N3O2S. The number of aromatic nitrogens is 1. The Bertz CT molecular complexity index is 560. The summed E-state index contributed by atoms with van der Waals surface area (Å²) in [7, 11) is 1.76. The van der Waals surface area contributed by atoms with Crippen LogP contribution in [0.1, 0.15) is 25.1 Å². The van der Waals surface area contributed by atoms with Crippen LogP contribution in [0.2, 0.25) is 0 Å². The Balaban J connectivity index is 1.98. The minimum atomic E-state index is -0.461. The zero-order valence-electron chi connectivity index (χ0n) is 12.8. The van der Waals surface area contributed by atoms with Crippen molar-refractivity contribution in [1.82, 2.24) is 15.2 Å². The summed E-state index contributed by atoms with van der Waals surface area (Å²) in [5, 5.41) is 2.82. The van der Waals surface area contributed by atoms with Crippen LogP contribution in [0.4, 0.5) is 0 Å². The highest BCUT2D eigenvalue weighted by Crippen LogP contribution is 2.29. The molecule has 1 saturated heterocycles. The molecule has 0 unspecified atom stereocenters. The Kier molecular flexibility index (Phi) is 4.56. The van der Waals surface area contributed by atoms with E-state index in [1.807, 2.05) is 32.9 Å². The topological polar surface area (TPSA) is 62.3 Å². The Labute approximate surface area is 129 Å². The van der Waals surface area contributed by atoms with Gasteiger partial charge >= 0.3 is 0 Å². The van der Waals surface area contributed by atoms with E-state index < -0.39 is 10.8 Å². The number of hydrogen-bond acceptors (Lipinski definition) is 4. The molecule has 21 heavy (non-hydrogen) atoms. The van der Waals surface area contributed by atoms with Crippen molar-refractivity contribution < 1.29 is 9.59 Å². The first-order chi connectivity index (χ1) is 9.79. The van der Waals surface area contributed by atoms with Gasteiger partial charge < -0.3 is 10.2 Å². The molecule has 2 rings (SSSR count). The molecule has 114 valence electrons. The first-order valence-electron chi connectivity index (χ1n) is 6.91. The fourth-order valence-corrected chi connectivity index (χ4v) is 3.18. The number of nitrogens with one attached hydrogen (secondary N) is 1. The number of hydrogen-bond donors (Lipinski definition) is 1. The molecule has 2 heterocycles. The first kappa shape index (κ1) is 15.8. The van der Waals surface area contributed by atoms with E-state index in [9.17, 15) is 9.59 Å². The van der Waals surface area contributed by atoms with Crippen molar-refractivity contribution in [3.8, 4) is 0 Å². The van der Waals surface area contributed by atoms with Crippen molar-refractivity contribution in [3.63, 3.8) is 0 Å². The number of rotatable bonds is 3. The van der Waals surface area contributed by atoms with Gasteiger partial charge in [-0.25, -0.2) is 0 Å². The van der Waals surface area contributed by atoms with Crippen LogP contribution in [0, 0.1) is 6.92 Å². The number of nitrogens with zero attached hydrogens (tertiary/aromatic N) is 2. The van der Waals surface area contributed by atoms with Crippen LogP contribution in [0.5, 0.6) is 0 Å². The van der Waals surface area contributed by atoms with Crippen molar-refractivity contribution in [3.05, 3.63) is 29.6 Å². The second-order valence-electron chi connectivity index (χ2n) is 5.85. The fraction of sp³-hybridized carbons (Fsp3) is 0.533. The van der Waals surface area contributed by atoms with Crippen LogP contribution >= 0.6 is 11.8 Å². The van der Waals surface area contributed by atoms with Gasteiger partial charge in [0.2, 0.25) is 11.8 Å². The zero-order valence-corrected chi connectivity index (χ0v) is 13.7. The average molecular weight is 307 g/mol. The summed E-state index contributed by atoms with van der Waals surface area (Å²) in [5.41, 5.74) is 1.96. The summed E-state index contributed by atoms with van der Waals surface area (Å²) in [5.74, 6) is 0.475. The van der Waals surface area contributed by atoms with Gasteiger partial charge in [-0.1, -0.05) is 0 Å². The summed E-state index contributed by atoms with van der Waals surface area (Å²) >= 11 is 1.52. The average Bonchev–Trinajstić information content (AvgIpc) is 2.41. The molecule has 0 spiro atoms. The molecule has 1 aromatic rings. The van der Waals surface area contributed by atoms with Crippen LogP contribution in [-0.4, -0.2) is 45.3 Å². The number of likely N-dealkylation sites (N-methyl/N-ethyl adjacent to an activating group) is 1. The summed E-state index contributed by atoms with van der Waals surface area (Å²) in [4.78, 5) is 30.2. The highest BCUT2D eigenvalue weighted by atomic mass is 32.2. The van der Waals surface area contributed by atoms with Crippen LogP contribution < -0.4 is 5.32 Å². The van der Waals surface area contributed by atoms with Crippen molar-refractivity contribution in [2.45, 2.75) is 38.1 Å². The van der Waals surface area contributed by atoms with Gasteiger partial charge in [0.15, 0.2) is 0 Å². The van der Waals surface area contributed by atoms with E-state index in [4.69, 9.17) is 0 Å². The third-order valence-electron chi connectivity index (χ3n) is 3.52. The van der Waals surface area contributed by atoms with E-state index in [0.29, 0.717) is 12.3 Å². The quantitative estimate of drug-likeness (QED) is 0.916. The number of carbonyl (C=O) groups is 2. The lowest BCUT2D eigenvalue weighted by Crippen LogP contribution is -2.57. The van der Waals surface area contributed by atoms with E-state index in [0.717, 1.165) is 11.3 Å². The van der Waals surface area contributed by atoms with Crippen molar-refractivity contribution >= 4 is 23.6 Å².